The molecule has 0 spiro atoms. The summed E-state index contributed by atoms with van der Waals surface area (Å²) in [5.74, 6) is 0.322. The fourth-order valence-corrected chi connectivity index (χ4v) is 2.49. The number of aryl methyl sites for hydroxylation is 1. The largest absolute Gasteiger partial charge is 0.507 e. The Morgan fingerprint density at radius 1 is 1.30 bits per heavy atom. The van der Waals surface area contributed by atoms with Crippen LogP contribution in [-0.4, -0.2) is 23.3 Å². The van der Waals surface area contributed by atoms with Gasteiger partial charge in [-0.25, -0.2) is 5.43 Å². The van der Waals surface area contributed by atoms with Gasteiger partial charge in [-0.1, -0.05) is 18.2 Å². The summed E-state index contributed by atoms with van der Waals surface area (Å²) >= 11 is 3.39. The number of hydrogen-bond donors (Lipinski definition) is 2. The van der Waals surface area contributed by atoms with Crippen molar-refractivity contribution in [3.63, 3.8) is 0 Å². The van der Waals surface area contributed by atoms with Crippen molar-refractivity contribution in [1.82, 2.24) is 5.43 Å². The van der Waals surface area contributed by atoms with E-state index in [0.29, 0.717) is 17.0 Å². The Morgan fingerprint density at radius 3 is 2.74 bits per heavy atom. The molecule has 0 aromatic heterocycles. The Hall–Kier alpha value is -2.34. The van der Waals surface area contributed by atoms with E-state index in [0.717, 1.165) is 10.0 Å². The number of phenolic OH excluding ortho intramolecular Hbond substituents is 1. The van der Waals surface area contributed by atoms with Crippen molar-refractivity contribution >= 4 is 27.5 Å². The first-order valence-corrected chi connectivity index (χ1v) is 7.77. The van der Waals surface area contributed by atoms with E-state index >= 15 is 0 Å². The second-order valence-corrected chi connectivity index (χ2v) is 5.83. The van der Waals surface area contributed by atoms with Crippen LogP contribution in [0.15, 0.2) is 52.0 Å². The maximum absolute atomic E-state index is 11.8. The average molecular weight is 377 g/mol. The lowest BCUT2D eigenvalue weighted by molar-refractivity contribution is -0.123. The average Bonchev–Trinajstić information content (AvgIpc) is 2.52. The number of hydrogen-bond acceptors (Lipinski definition) is 4. The minimum atomic E-state index is -0.382. The summed E-state index contributed by atoms with van der Waals surface area (Å²) in [5.41, 5.74) is 4.57. The molecule has 2 aromatic carbocycles. The number of nitrogens with one attached hydrogen (secondary N) is 1. The molecule has 0 atom stereocenters. The lowest BCUT2D eigenvalue weighted by Gasteiger charge is -2.08. The van der Waals surface area contributed by atoms with E-state index in [1.54, 1.807) is 37.3 Å². The summed E-state index contributed by atoms with van der Waals surface area (Å²) in [6.45, 7) is 3.52. The van der Waals surface area contributed by atoms with Gasteiger partial charge in [-0.3, -0.25) is 4.79 Å². The van der Waals surface area contributed by atoms with Crippen LogP contribution >= 0.6 is 15.9 Å². The summed E-state index contributed by atoms with van der Waals surface area (Å²) in [5, 5.41) is 13.7. The normalized spacial score (nSPS) is 11.2. The van der Waals surface area contributed by atoms with Crippen LogP contribution in [0.1, 0.15) is 18.1 Å². The molecule has 0 saturated heterocycles. The van der Waals surface area contributed by atoms with Gasteiger partial charge in [0.25, 0.3) is 5.91 Å². The van der Waals surface area contributed by atoms with Gasteiger partial charge >= 0.3 is 0 Å². The number of aromatic hydroxyl groups is 1. The SMILES string of the molecule is C/C(=N/NC(=O)COc1ccc(C)cc1Br)c1ccccc1O. The molecular weight excluding hydrogens is 360 g/mol. The summed E-state index contributed by atoms with van der Waals surface area (Å²) in [6.07, 6.45) is 0. The number of halogens is 1. The fourth-order valence-electron chi connectivity index (χ4n) is 1.88. The molecule has 0 aliphatic heterocycles. The second kappa shape index (κ2) is 7.78. The van der Waals surface area contributed by atoms with Crippen molar-refractivity contribution in [2.45, 2.75) is 13.8 Å². The molecule has 5 nitrogen and oxygen atoms in total. The van der Waals surface area contributed by atoms with Crippen LogP contribution in [0.5, 0.6) is 11.5 Å². The number of para-hydroxylation sites is 1. The molecule has 0 saturated carbocycles. The van der Waals surface area contributed by atoms with E-state index < -0.39 is 0 Å². The summed E-state index contributed by atoms with van der Waals surface area (Å²) in [7, 11) is 0. The molecule has 0 radical (unpaired) electrons. The van der Waals surface area contributed by atoms with E-state index in [1.165, 1.54) is 0 Å². The van der Waals surface area contributed by atoms with Crippen molar-refractivity contribution in [3.8, 4) is 11.5 Å². The maximum atomic E-state index is 11.8. The topological polar surface area (TPSA) is 70.9 Å². The third-order valence-electron chi connectivity index (χ3n) is 3.09. The molecule has 0 bridgehead atoms. The predicted molar refractivity (Wildman–Crippen MR) is 92.8 cm³/mol. The molecule has 6 heteroatoms. The van der Waals surface area contributed by atoms with Crippen LogP contribution in [0.4, 0.5) is 0 Å². The van der Waals surface area contributed by atoms with Crippen molar-refractivity contribution in [2.24, 2.45) is 5.10 Å². The van der Waals surface area contributed by atoms with Gasteiger partial charge in [0.1, 0.15) is 11.5 Å². The molecule has 0 fully saturated rings. The number of carbonyl (C=O) groups excluding carboxylic acids is 1. The summed E-state index contributed by atoms with van der Waals surface area (Å²) in [6, 6.07) is 12.4. The van der Waals surface area contributed by atoms with Crippen molar-refractivity contribution < 1.29 is 14.6 Å². The zero-order valence-corrected chi connectivity index (χ0v) is 14.4. The molecule has 2 rings (SSSR count). The molecule has 120 valence electrons. The number of amides is 1. The number of rotatable bonds is 5. The van der Waals surface area contributed by atoms with E-state index in [2.05, 4.69) is 26.5 Å². The van der Waals surface area contributed by atoms with Gasteiger partial charge in [0, 0.05) is 5.56 Å². The highest BCUT2D eigenvalue weighted by Gasteiger charge is 2.07. The molecule has 0 aliphatic carbocycles. The third kappa shape index (κ3) is 4.82. The van der Waals surface area contributed by atoms with Crippen molar-refractivity contribution in [3.05, 3.63) is 58.1 Å². The number of benzene rings is 2. The first kappa shape index (κ1) is 17.0. The van der Waals surface area contributed by atoms with Crippen molar-refractivity contribution in [1.29, 1.82) is 0 Å². The number of carbonyl (C=O) groups is 1. The Labute approximate surface area is 143 Å². The second-order valence-electron chi connectivity index (χ2n) is 4.97. The molecule has 2 N–H and O–H groups in total. The minimum absolute atomic E-state index is 0.114. The van der Waals surface area contributed by atoms with E-state index in [4.69, 9.17) is 4.74 Å². The highest BCUT2D eigenvalue weighted by molar-refractivity contribution is 9.10. The molecule has 0 heterocycles. The van der Waals surface area contributed by atoms with Crippen LogP contribution in [0, 0.1) is 6.92 Å². The molecule has 2 aromatic rings. The Kier molecular flexibility index (Phi) is 5.76. The lowest BCUT2D eigenvalue weighted by atomic mass is 10.1. The molecule has 0 unspecified atom stereocenters. The first-order valence-electron chi connectivity index (χ1n) is 6.98. The number of phenols is 1. The van der Waals surface area contributed by atoms with Gasteiger partial charge < -0.3 is 9.84 Å². The number of hydrazone groups is 1. The van der Waals surface area contributed by atoms with Crippen LogP contribution in [0.3, 0.4) is 0 Å². The lowest BCUT2D eigenvalue weighted by Crippen LogP contribution is -2.25. The quantitative estimate of drug-likeness (QED) is 0.620. The summed E-state index contributed by atoms with van der Waals surface area (Å²) < 4.78 is 6.23. The highest BCUT2D eigenvalue weighted by Crippen LogP contribution is 2.25. The van der Waals surface area contributed by atoms with Gasteiger partial charge in [0.15, 0.2) is 6.61 Å². The molecule has 23 heavy (non-hydrogen) atoms. The third-order valence-corrected chi connectivity index (χ3v) is 3.71. The minimum Gasteiger partial charge on any atom is -0.507 e. The highest BCUT2D eigenvalue weighted by atomic mass is 79.9. The van der Waals surface area contributed by atoms with E-state index in [-0.39, 0.29) is 18.3 Å². The van der Waals surface area contributed by atoms with Gasteiger partial charge in [0.05, 0.1) is 10.2 Å². The Balaban J connectivity index is 1.92. The van der Waals surface area contributed by atoms with Crippen molar-refractivity contribution in [2.75, 3.05) is 6.61 Å². The Morgan fingerprint density at radius 2 is 2.04 bits per heavy atom. The van der Waals surface area contributed by atoms with E-state index in [9.17, 15) is 9.90 Å². The predicted octanol–water partition coefficient (Wildman–Crippen LogP) is 3.38. The number of ether oxygens (including phenoxy) is 1. The number of nitrogens with zero attached hydrogens (tertiary/aromatic N) is 1. The van der Waals surface area contributed by atoms with Gasteiger partial charge in [-0.15, -0.1) is 0 Å². The van der Waals surface area contributed by atoms with Gasteiger partial charge in [-0.05, 0) is 59.6 Å². The van der Waals surface area contributed by atoms with Crippen LogP contribution in [-0.2, 0) is 4.79 Å². The molecule has 1 amide bonds. The monoisotopic (exact) mass is 376 g/mol. The van der Waals surface area contributed by atoms with Gasteiger partial charge in [0.2, 0.25) is 0 Å². The smallest absolute Gasteiger partial charge is 0.277 e. The molecular formula is C17H17BrN2O3. The maximum Gasteiger partial charge on any atom is 0.277 e. The summed E-state index contributed by atoms with van der Waals surface area (Å²) in [4.78, 5) is 11.8. The Bertz CT molecular complexity index is 744. The zero-order chi connectivity index (χ0) is 16.8. The van der Waals surface area contributed by atoms with Gasteiger partial charge in [-0.2, -0.15) is 5.10 Å². The standard InChI is InChI=1S/C17H17BrN2O3/c1-11-7-8-16(14(18)9-11)23-10-17(22)20-19-12(2)13-5-3-4-6-15(13)21/h3-9,21H,10H2,1-2H3,(H,20,22)/b19-12-. The molecule has 0 aliphatic rings. The fraction of sp³-hybridized carbons (Fsp3) is 0.176. The van der Waals surface area contributed by atoms with Crippen LogP contribution < -0.4 is 10.2 Å². The van der Waals surface area contributed by atoms with E-state index in [1.807, 2.05) is 19.1 Å². The first-order chi connectivity index (χ1) is 11.0. The van der Waals surface area contributed by atoms with Crippen LogP contribution in [0.25, 0.3) is 0 Å². The zero-order valence-electron chi connectivity index (χ0n) is 12.8. The van der Waals surface area contributed by atoms with Crippen LogP contribution in [0.2, 0.25) is 0 Å².